The third-order valence-corrected chi connectivity index (χ3v) is 4.28. The maximum atomic E-state index is 12.3. The summed E-state index contributed by atoms with van der Waals surface area (Å²) < 4.78 is 11.9. The first-order valence-electron chi connectivity index (χ1n) is 7.98. The van der Waals surface area contributed by atoms with E-state index in [0.29, 0.717) is 37.2 Å². The molecule has 0 saturated carbocycles. The monoisotopic (exact) mass is 398 g/mol. The number of ether oxygens (including phenoxy) is 2. The number of aldehydes is 1. The van der Waals surface area contributed by atoms with Crippen LogP contribution in [0.5, 0.6) is 5.75 Å². The summed E-state index contributed by atoms with van der Waals surface area (Å²) in [6.45, 7) is 5.57. The highest BCUT2D eigenvalue weighted by atomic mass is 79.9. The lowest BCUT2D eigenvalue weighted by Crippen LogP contribution is -2.42. The van der Waals surface area contributed by atoms with E-state index in [0.717, 1.165) is 10.8 Å². The SMILES string of the molecule is CC=O.CCOC(=O)CCC1(CC)CC(=O)c2ccc(Br)cc2O1. The highest BCUT2D eigenvalue weighted by molar-refractivity contribution is 9.10. The van der Waals surface area contributed by atoms with Gasteiger partial charge in [-0.3, -0.25) is 9.59 Å². The molecule has 0 aliphatic carbocycles. The molecule has 0 bridgehead atoms. The molecule has 1 aliphatic rings. The molecule has 0 amide bonds. The molecule has 0 N–H and O–H groups in total. The fraction of sp³-hybridized carbons (Fsp3) is 0.500. The molecular formula is C18H23BrO5. The average Bonchev–Trinajstić information content (AvgIpc) is 2.53. The molecule has 2 rings (SSSR count). The number of Topliss-reactive ketones (excluding diaryl/α,β-unsaturated/α-hetero) is 1. The average molecular weight is 399 g/mol. The normalized spacial score (nSPS) is 18.6. The second-order valence-electron chi connectivity index (χ2n) is 5.42. The molecule has 1 atom stereocenters. The van der Waals surface area contributed by atoms with E-state index < -0.39 is 5.60 Å². The van der Waals surface area contributed by atoms with Crippen LogP contribution in [0, 0.1) is 0 Å². The molecule has 0 fully saturated rings. The number of halogens is 1. The van der Waals surface area contributed by atoms with Crippen LogP contribution in [0.25, 0.3) is 0 Å². The molecule has 1 aliphatic heterocycles. The van der Waals surface area contributed by atoms with E-state index >= 15 is 0 Å². The number of benzene rings is 1. The fourth-order valence-electron chi connectivity index (χ4n) is 2.54. The Balaban J connectivity index is 0.000000891. The first kappa shape index (κ1) is 20.4. The van der Waals surface area contributed by atoms with Crippen LogP contribution >= 0.6 is 15.9 Å². The van der Waals surface area contributed by atoms with E-state index in [-0.39, 0.29) is 18.2 Å². The van der Waals surface area contributed by atoms with Gasteiger partial charge >= 0.3 is 5.97 Å². The van der Waals surface area contributed by atoms with Crippen molar-refractivity contribution in [1.82, 2.24) is 0 Å². The van der Waals surface area contributed by atoms with Gasteiger partial charge in [0.1, 0.15) is 17.6 Å². The second kappa shape index (κ2) is 9.57. The van der Waals surface area contributed by atoms with Crippen LogP contribution in [-0.4, -0.2) is 30.2 Å². The molecule has 1 aromatic rings. The van der Waals surface area contributed by atoms with Crippen LogP contribution in [0.2, 0.25) is 0 Å². The molecule has 5 nitrogen and oxygen atoms in total. The van der Waals surface area contributed by atoms with Crippen LogP contribution < -0.4 is 4.74 Å². The van der Waals surface area contributed by atoms with Gasteiger partial charge in [-0.1, -0.05) is 22.9 Å². The van der Waals surface area contributed by atoms with Crippen molar-refractivity contribution in [3.8, 4) is 5.75 Å². The molecule has 132 valence electrons. The van der Waals surface area contributed by atoms with Gasteiger partial charge in [-0.25, -0.2) is 0 Å². The lowest BCUT2D eigenvalue weighted by molar-refractivity contribution is -0.144. The highest BCUT2D eigenvalue weighted by Crippen LogP contribution is 2.39. The predicted molar refractivity (Wildman–Crippen MR) is 94.3 cm³/mol. The van der Waals surface area contributed by atoms with E-state index in [2.05, 4.69) is 15.9 Å². The molecule has 0 radical (unpaired) electrons. The Labute approximate surface area is 150 Å². The van der Waals surface area contributed by atoms with Gasteiger partial charge in [0.15, 0.2) is 5.78 Å². The molecule has 0 spiro atoms. The van der Waals surface area contributed by atoms with E-state index in [1.165, 1.54) is 6.92 Å². The summed E-state index contributed by atoms with van der Waals surface area (Å²) in [7, 11) is 0. The van der Waals surface area contributed by atoms with Crippen molar-refractivity contribution in [1.29, 1.82) is 0 Å². The number of hydrogen-bond acceptors (Lipinski definition) is 5. The van der Waals surface area contributed by atoms with Gasteiger partial charge in [-0.2, -0.15) is 0 Å². The lowest BCUT2D eigenvalue weighted by Gasteiger charge is -2.37. The summed E-state index contributed by atoms with van der Waals surface area (Å²) in [5.41, 5.74) is -0.00382. The number of carbonyl (C=O) groups excluding carboxylic acids is 3. The van der Waals surface area contributed by atoms with Crippen LogP contribution in [0.3, 0.4) is 0 Å². The number of rotatable bonds is 5. The van der Waals surface area contributed by atoms with Crippen molar-refractivity contribution in [2.75, 3.05) is 6.61 Å². The predicted octanol–water partition coefficient (Wildman–Crippen LogP) is 4.11. The molecule has 6 heteroatoms. The summed E-state index contributed by atoms with van der Waals surface area (Å²) in [5.74, 6) is 0.405. The van der Waals surface area contributed by atoms with Gasteiger partial charge in [0.05, 0.1) is 18.6 Å². The van der Waals surface area contributed by atoms with Crippen molar-refractivity contribution in [3.63, 3.8) is 0 Å². The number of ketones is 1. The van der Waals surface area contributed by atoms with Crippen molar-refractivity contribution in [2.24, 2.45) is 0 Å². The largest absolute Gasteiger partial charge is 0.486 e. The Bertz CT molecular complexity index is 599. The molecule has 1 aromatic carbocycles. The summed E-state index contributed by atoms with van der Waals surface area (Å²) in [4.78, 5) is 32.7. The summed E-state index contributed by atoms with van der Waals surface area (Å²) >= 11 is 3.39. The van der Waals surface area contributed by atoms with Gasteiger partial charge in [-0.15, -0.1) is 0 Å². The molecule has 24 heavy (non-hydrogen) atoms. The Hall–Kier alpha value is -1.69. The van der Waals surface area contributed by atoms with E-state index in [9.17, 15) is 9.59 Å². The Morgan fingerprint density at radius 3 is 2.67 bits per heavy atom. The first-order valence-corrected chi connectivity index (χ1v) is 8.77. The highest BCUT2D eigenvalue weighted by Gasteiger charge is 2.39. The third-order valence-electron chi connectivity index (χ3n) is 3.79. The third kappa shape index (κ3) is 5.44. The van der Waals surface area contributed by atoms with Gasteiger partial charge in [-0.05, 0) is 44.9 Å². The summed E-state index contributed by atoms with van der Waals surface area (Å²) in [5, 5.41) is 0. The molecular weight excluding hydrogens is 376 g/mol. The van der Waals surface area contributed by atoms with E-state index in [4.69, 9.17) is 14.3 Å². The lowest BCUT2D eigenvalue weighted by atomic mass is 9.84. The molecule has 1 heterocycles. The molecule has 0 saturated heterocycles. The summed E-state index contributed by atoms with van der Waals surface area (Å²) in [6.07, 6.45) is 2.47. The zero-order chi connectivity index (χ0) is 18.2. The van der Waals surface area contributed by atoms with Crippen LogP contribution in [0.4, 0.5) is 0 Å². The van der Waals surface area contributed by atoms with Gasteiger partial charge in [0.2, 0.25) is 0 Å². The maximum Gasteiger partial charge on any atom is 0.305 e. The standard InChI is InChI=1S/C16H19BrO4.C2H4O/c1-3-16(8-7-15(19)20-4-2)10-13(18)12-6-5-11(17)9-14(12)21-16;1-2-3/h5-6,9H,3-4,7-8,10H2,1-2H3;2H,1H3. The Morgan fingerprint density at radius 2 is 2.08 bits per heavy atom. The van der Waals surface area contributed by atoms with Gasteiger partial charge in [0, 0.05) is 10.9 Å². The Kier molecular flexibility index (Phi) is 8.11. The van der Waals surface area contributed by atoms with Crippen LogP contribution in [0.15, 0.2) is 22.7 Å². The number of fused-ring (bicyclic) bond motifs is 1. The minimum absolute atomic E-state index is 0.0643. The quantitative estimate of drug-likeness (QED) is 0.551. The second-order valence-corrected chi connectivity index (χ2v) is 6.34. The minimum atomic E-state index is -0.613. The number of carbonyl (C=O) groups is 3. The topological polar surface area (TPSA) is 69.7 Å². The fourth-order valence-corrected chi connectivity index (χ4v) is 2.88. The summed E-state index contributed by atoms with van der Waals surface area (Å²) in [6, 6.07) is 5.41. The van der Waals surface area contributed by atoms with Crippen LogP contribution in [0.1, 0.15) is 56.8 Å². The smallest absolute Gasteiger partial charge is 0.305 e. The zero-order valence-corrected chi connectivity index (χ0v) is 15.9. The minimum Gasteiger partial charge on any atom is -0.486 e. The van der Waals surface area contributed by atoms with Crippen molar-refractivity contribution >= 4 is 34.0 Å². The van der Waals surface area contributed by atoms with Gasteiger partial charge in [0.25, 0.3) is 0 Å². The molecule has 1 unspecified atom stereocenters. The zero-order valence-electron chi connectivity index (χ0n) is 14.3. The Morgan fingerprint density at radius 1 is 1.42 bits per heavy atom. The molecule has 0 aromatic heterocycles. The number of esters is 1. The van der Waals surface area contributed by atoms with E-state index in [1.807, 2.05) is 13.0 Å². The maximum absolute atomic E-state index is 12.3. The van der Waals surface area contributed by atoms with E-state index in [1.54, 1.807) is 19.1 Å². The van der Waals surface area contributed by atoms with Crippen LogP contribution in [-0.2, 0) is 14.3 Å². The van der Waals surface area contributed by atoms with Gasteiger partial charge < -0.3 is 14.3 Å². The van der Waals surface area contributed by atoms with Crippen molar-refractivity contribution < 1.29 is 23.9 Å². The first-order chi connectivity index (χ1) is 11.4. The van der Waals surface area contributed by atoms with Crippen molar-refractivity contribution in [3.05, 3.63) is 28.2 Å². The number of hydrogen-bond donors (Lipinski definition) is 0. The van der Waals surface area contributed by atoms with Crippen molar-refractivity contribution in [2.45, 2.75) is 52.1 Å².